The molecule has 1 heterocycles. The maximum absolute atomic E-state index is 4.57. The van der Waals surface area contributed by atoms with Gasteiger partial charge < -0.3 is 0 Å². The molecule has 1 aromatic carbocycles. The molecule has 0 atom stereocenters. The van der Waals surface area contributed by atoms with Crippen molar-refractivity contribution in [3.05, 3.63) is 47.8 Å². The number of rotatable bonds is 3. The summed E-state index contributed by atoms with van der Waals surface area (Å²) in [5.41, 5.74) is 3.50. The molecule has 0 saturated heterocycles. The zero-order chi connectivity index (χ0) is 10.7. The Morgan fingerprint density at radius 2 is 2.20 bits per heavy atom. The third-order valence-electron chi connectivity index (χ3n) is 2.49. The summed E-state index contributed by atoms with van der Waals surface area (Å²) in [5, 5.41) is 4.57. The first-order valence-electron chi connectivity index (χ1n) is 5.39. The zero-order valence-corrected chi connectivity index (χ0v) is 9.20. The monoisotopic (exact) mass is 199 g/mol. The van der Waals surface area contributed by atoms with Gasteiger partial charge in [0.15, 0.2) is 0 Å². The normalized spacial score (nSPS) is 10.5. The van der Waals surface area contributed by atoms with Crippen molar-refractivity contribution in [1.29, 1.82) is 0 Å². The molecule has 0 spiro atoms. The standard InChI is InChI=1S/C13H15N2/c1-3-11-10-12(4-2)15(14-11)13-8-6-5-7-9-13/h5-6,8-10H,3-4H2,1-2H3. The molecule has 0 aliphatic carbocycles. The molecule has 2 rings (SSSR count). The van der Waals surface area contributed by atoms with E-state index >= 15 is 0 Å². The molecular weight excluding hydrogens is 184 g/mol. The van der Waals surface area contributed by atoms with Gasteiger partial charge in [0.25, 0.3) is 0 Å². The second kappa shape index (κ2) is 4.30. The summed E-state index contributed by atoms with van der Waals surface area (Å²) in [4.78, 5) is 0. The van der Waals surface area contributed by atoms with Crippen molar-refractivity contribution in [2.45, 2.75) is 26.7 Å². The Morgan fingerprint density at radius 1 is 1.33 bits per heavy atom. The number of aryl methyl sites for hydroxylation is 2. The van der Waals surface area contributed by atoms with Crippen LogP contribution in [0.15, 0.2) is 30.3 Å². The number of benzene rings is 1. The van der Waals surface area contributed by atoms with Gasteiger partial charge in [0.05, 0.1) is 11.4 Å². The van der Waals surface area contributed by atoms with Gasteiger partial charge in [-0.25, -0.2) is 4.68 Å². The molecule has 0 fully saturated rings. The van der Waals surface area contributed by atoms with E-state index in [4.69, 9.17) is 0 Å². The van der Waals surface area contributed by atoms with Crippen LogP contribution in [0.1, 0.15) is 25.2 Å². The highest BCUT2D eigenvalue weighted by Crippen LogP contribution is 2.13. The van der Waals surface area contributed by atoms with Crippen molar-refractivity contribution >= 4 is 0 Å². The van der Waals surface area contributed by atoms with Crippen LogP contribution in [0.4, 0.5) is 0 Å². The smallest absolute Gasteiger partial charge is 0.0655 e. The quantitative estimate of drug-likeness (QED) is 0.743. The Labute approximate surface area is 90.6 Å². The molecule has 0 amide bonds. The molecular formula is C13H15N2. The SMILES string of the molecule is CCc1cc(CC)n(-c2c[c]ccc2)n1. The molecule has 0 aliphatic heterocycles. The summed E-state index contributed by atoms with van der Waals surface area (Å²) in [7, 11) is 0. The van der Waals surface area contributed by atoms with E-state index in [2.05, 4.69) is 37.1 Å². The van der Waals surface area contributed by atoms with E-state index in [9.17, 15) is 0 Å². The Kier molecular flexibility index (Phi) is 2.86. The number of hydrogen-bond acceptors (Lipinski definition) is 1. The van der Waals surface area contributed by atoms with Gasteiger partial charge in [0.2, 0.25) is 0 Å². The van der Waals surface area contributed by atoms with Crippen molar-refractivity contribution in [2.24, 2.45) is 0 Å². The van der Waals surface area contributed by atoms with Crippen molar-refractivity contribution in [3.8, 4) is 5.69 Å². The first-order valence-corrected chi connectivity index (χ1v) is 5.39. The van der Waals surface area contributed by atoms with Crippen LogP contribution < -0.4 is 0 Å². The molecule has 0 aliphatic rings. The van der Waals surface area contributed by atoms with E-state index in [0.717, 1.165) is 24.2 Å². The van der Waals surface area contributed by atoms with Crippen LogP contribution in [0, 0.1) is 6.07 Å². The minimum Gasteiger partial charge on any atom is -0.238 e. The highest BCUT2D eigenvalue weighted by molar-refractivity contribution is 5.32. The predicted molar refractivity (Wildman–Crippen MR) is 61.2 cm³/mol. The second-order valence-electron chi connectivity index (χ2n) is 3.51. The molecule has 0 N–H and O–H groups in total. The van der Waals surface area contributed by atoms with Crippen molar-refractivity contribution < 1.29 is 0 Å². The first kappa shape index (κ1) is 9.97. The largest absolute Gasteiger partial charge is 0.238 e. The molecule has 1 aromatic heterocycles. The number of aromatic nitrogens is 2. The number of nitrogens with zero attached hydrogens (tertiary/aromatic N) is 2. The zero-order valence-electron chi connectivity index (χ0n) is 9.20. The Morgan fingerprint density at radius 3 is 2.80 bits per heavy atom. The van der Waals surface area contributed by atoms with Gasteiger partial charge in [-0.1, -0.05) is 26.0 Å². The van der Waals surface area contributed by atoms with Gasteiger partial charge >= 0.3 is 0 Å². The van der Waals surface area contributed by atoms with Crippen LogP contribution in [-0.4, -0.2) is 9.78 Å². The third kappa shape index (κ3) is 1.94. The second-order valence-corrected chi connectivity index (χ2v) is 3.51. The van der Waals surface area contributed by atoms with Gasteiger partial charge in [-0.05, 0) is 37.1 Å². The molecule has 2 nitrogen and oxygen atoms in total. The Balaban J connectivity index is 2.47. The van der Waals surface area contributed by atoms with Crippen LogP contribution in [0.3, 0.4) is 0 Å². The average Bonchev–Trinajstić information content (AvgIpc) is 2.73. The third-order valence-corrected chi connectivity index (χ3v) is 2.49. The van der Waals surface area contributed by atoms with Gasteiger partial charge in [-0.15, -0.1) is 0 Å². The lowest BCUT2D eigenvalue weighted by Crippen LogP contribution is -2.00. The molecule has 2 aromatic rings. The lowest BCUT2D eigenvalue weighted by Gasteiger charge is -2.04. The summed E-state index contributed by atoms with van der Waals surface area (Å²) >= 11 is 0. The lowest BCUT2D eigenvalue weighted by molar-refractivity contribution is 0.794. The van der Waals surface area contributed by atoms with Gasteiger partial charge in [0, 0.05) is 5.69 Å². The average molecular weight is 199 g/mol. The van der Waals surface area contributed by atoms with Gasteiger partial charge in [-0.3, -0.25) is 0 Å². The maximum Gasteiger partial charge on any atom is 0.0655 e. The fraction of sp³-hybridized carbons (Fsp3) is 0.308. The lowest BCUT2D eigenvalue weighted by atomic mass is 10.2. The summed E-state index contributed by atoms with van der Waals surface area (Å²) < 4.78 is 2.01. The minimum atomic E-state index is 0.983. The fourth-order valence-electron chi connectivity index (χ4n) is 1.64. The predicted octanol–water partition coefficient (Wildman–Crippen LogP) is 2.80. The molecule has 77 valence electrons. The van der Waals surface area contributed by atoms with Gasteiger partial charge in [0.1, 0.15) is 0 Å². The summed E-state index contributed by atoms with van der Waals surface area (Å²) in [6, 6.07) is 13.2. The molecule has 0 bridgehead atoms. The van der Waals surface area contributed by atoms with Crippen LogP contribution in [0.2, 0.25) is 0 Å². The van der Waals surface area contributed by atoms with E-state index in [-0.39, 0.29) is 0 Å². The van der Waals surface area contributed by atoms with Crippen molar-refractivity contribution in [3.63, 3.8) is 0 Å². The molecule has 0 saturated carbocycles. The van der Waals surface area contributed by atoms with Crippen LogP contribution in [-0.2, 0) is 12.8 Å². The first-order chi connectivity index (χ1) is 7.35. The Hall–Kier alpha value is -1.57. The minimum absolute atomic E-state index is 0.983. The van der Waals surface area contributed by atoms with E-state index < -0.39 is 0 Å². The summed E-state index contributed by atoms with van der Waals surface area (Å²) in [6.07, 6.45) is 1.98. The highest BCUT2D eigenvalue weighted by atomic mass is 15.3. The fourth-order valence-corrected chi connectivity index (χ4v) is 1.64. The topological polar surface area (TPSA) is 17.8 Å². The van der Waals surface area contributed by atoms with E-state index in [1.165, 1.54) is 5.69 Å². The molecule has 1 radical (unpaired) electrons. The van der Waals surface area contributed by atoms with Crippen LogP contribution >= 0.6 is 0 Å². The van der Waals surface area contributed by atoms with Crippen LogP contribution in [0.5, 0.6) is 0 Å². The molecule has 0 unspecified atom stereocenters. The molecule has 15 heavy (non-hydrogen) atoms. The van der Waals surface area contributed by atoms with E-state index in [1.807, 2.05) is 22.9 Å². The van der Waals surface area contributed by atoms with Crippen molar-refractivity contribution in [1.82, 2.24) is 9.78 Å². The highest BCUT2D eigenvalue weighted by Gasteiger charge is 2.06. The van der Waals surface area contributed by atoms with Gasteiger partial charge in [-0.2, -0.15) is 5.10 Å². The number of hydrogen-bond donors (Lipinski definition) is 0. The summed E-state index contributed by atoms with van der Waals surface area (Å²) in [6.45, 7) is 4.28. The van der Waals surface area contributed by atoms with Crippen LogP contribution in [0.25, 0.3) is 5.69 Å². The van der Waals surface area contributed by atoms with E-state index in [0.29, 0.717) is 0 Å². The van der Waals surface area contributed by atoms with Crippen molar-refractivity contribution in [2.75, 3.05) is 0 Å². The Bertz CT molecular complexity index is 429. The van der Waals surface area contributed by atoms with E-state index in [1.54, 1.807) is 0 Å². The summed E-state index contributed by atoms with van der Waals surface area (Å²) in [5.74, 6) is 0. The molecule has 2 heteroatoms. The maximum atomic E-state index is 4.57.